The molecule has 90 valence electrons. The first kappa shape index (κ1) is 12.2. The summed E-state index contributed by atoms with van der Waals surface area (Å²) in [7, 11) is 0. The molecule has 1 unspecified atom stereocenters. The van der Waals surface area contributed by atoms with Gasteiger partial charge in [-0.3, -0.25) is 0 Å². The molecule has 0 aliphatic rings. The number of aliphatic hydroxyl groups is 1. The second-order valence-corrected chi connectivity index (χ2v) is 4.90. The Morgan fingerprint density at radius 2 is 2.12 bits per heavy atom. The number of aromatic nitrogens is 1. The highest BCUT2D eigenvalue weighted by molar-refractivity contribution is 7.98. The molecule has 0 fully saturated rings. The molecule has 0 saturated heterocycles. The highest BCUT2D eigenvalue weighted by Crippen LogP contribution is 2.20. The highest BCUT2D eigenvalue weighted by Gasteiger charge is 2.07. The SMILES string of the molecule is Cc1cc(CSCC(O)c2ccccc2)no1. The van der Waals surface area contributed by atoms with Crippen molar-refractivity contribution in [3.63, 3.8) is 0 Å². The van der Waals surface area contributed by atoms with Crippen molar-refractivity contribution in [3.8, 4) is 0 Å². The van der Waals surface area contributed by atoms with Gasteiger partial charge in [-0.2, -0.15) is 11.8 Å². The van der Waals surface area contributed by atoms with Crippen molar-refractivity contribution < 1.29 is 9.63 Å². The highest BCUT2D eigenvalue weighted by atomic mass is 32.2. The van der Waals surface area contributed by atoms with Crippen LogP contribution in [-0.4, -0.2) is 16.0 Å². The fraction of sp³-hybridized carbons (Fsp3) is 0.308. The number of rotatable bonds is 5. The molecule has 4 heteroatoms. The van der Waals surface area contributed by atoms with Gasteiger partial charge >= 0.3 is 0 Å². The van der Waals surface area contributed by atoms with Gasteiger partial charge in [-0.15, -0.1) is 0 Å². The first-order valence-corrected chi connectivity index (χ1v) is 6.64. The van der Waals surface area contributed by atoms with Crippen LogP contribution in [0.25, 0.3) is 0 Å². The van der Waals surface area contributed by atoms with Crippen molar-refractivity contribution in [2.24, 2.45) is 0 Å². The van der Waals surface area contributed by atoms with Crippen molar-refractivity contribution in [1.29, 1.82) is 0 Å². The van der Waals surface area contributed by atoms with Gasteiger partial charge in [-0.05, 0) is 12.5 Å². The molecule has 0 saturated carbocycles. The average molecular weight is 249 g/mol. The Kier molecular flexibility index (Phi) is 4.23. The van der Waals surface area contributed by atoms with Gasteiger partial charge in [-0.1, -0.05) is 35.5 Å². The Balaban J connectivity index is 1.79. The van der Waals surface area contributed by atoms with Gasteiger partial charge in [0.25, 0.3) is 0 Å². The van der Waals surface area contributed by atoms with Gasteiger partial charge in [0, 0.05) is 17.6 Å². The monoisotopic (exact) mass is 249 g/mol. The maximum Gasteiger partial charge on any atom is 0.133 e. The summed E-state index contributed by atoms with van der Waals surface area (Å²) in [6, 6.07) is 11.6. The molecule has 0 bridgehead atoms. The summed E-state index contributed by atoms with van der Waals surface area (Å²) in [4.78, 5) is 0. The van der Waals surface area contributed by atoms with Crippen LogP contribution in [0.1, 0.15) is 23.1 Å². The van der Waals surface area contributed by atoms with E-state index < -0.39 is 6.10 Å². The smallest absolute Gasteiger partial charge is 0.133 e. The van der Waals surface area contributed by atoms with Crippen LogP contribution in [0.3, 0.4) is 0 Å². The van der Waals surface area contributed by atoms with E-state index in [1.165, 1.54) is 0 Å². The average Bonchev–Trinajstić information content (AvgIpc) is 2.76. The van der Waals surface area contributed by atoms with Crippen LogP contribution in [0.15, 0.2) is 40.9 Å². The van der Waals surface area contributed by atoms with Crippen LogP contribution >= 0.6 is 11.8 Å². The lowest BCUT2D eigenvalue weighted by Crippen LogP contribution is -2.00. The van der Waals surface area contributed by atoms with Crippen LogP contribution in [0, 0.1) is 6.92 Å². The first-order valence-electron chi connectivity index (χ1n) is 5.48. The number of nitrogens with zero attached hydrogens (tertiary/aromatic N) is 1. The summed E-state index contributed by atoms with van der Waals surface area (Å²) >= 11 is 1.65. The fourth-order valence-corrected chi connectivity index (χ4v) is 2.41. The van der Waals surface area contributed by atoms with E-state index in [1.807, 2.05) is 43.3 Å². The number of hydrogen-bond donors (Lipinski definition) is 1. The molecule has 1 N–H and O–H groups in total. The molecule has 0 amide bonds. The van der Waals surface area contributed by atoms with E-state index in [0.29, 0.717) is 5.75 Å². The molecule has 2 rings (SSSR count). The third-order valence-electron chi connectivity index (χ3n) is 2.39. The third-order valence-corrected chi connectivity index (χ3v) is 3.44. The lowest BCUT2D eigenvalue weighted by Gasteiger charge is -2.09. The van der Waals surface area contributed by atoms with E-state index >= 15 is 0 Å². The molecular weight excluding hydrogens is 234 g/mol. The van der Waals surface area contributed by atoms with E-state index in [9.17, 15) is 5.11 Å². The van der Waals surface area contributed by atoms with E-state index in [-0.39, 0.29) is 0 Å². The lowest BCUT2D eigenvalue weighted by molar-refractivity contribution is 0.204. The Morgan fingerprint density at radius 3 is 2.76 bits per heavy atom. The molecule has 1 heterocycles. The number of aliphatic hydroxyl groups excluding tert-OH is 1. The van der Waals surface area contributed by atoms with E-state index in [1.54, 1.807) is 11.8 Å². The summed E-state index contributed by atoms with van der Waals surface area (Å²) in [5.41, 5.74) is 1.88. The predicted molar refractivity (Wildman–Crippen MR) is 68.8 cm³/mol. The maximum absolute atomic E-state index is 9.94. The Morgan fingerprint density at radius 1 is 1.35 bits per heavy atom. The van der Waals surface area contributed by atoms with Crippen molar-refractivity contribution in [3.05, 3.63) is 53.4 Å². The van der Waals surface area contributed by atoms with Crippen LogP contribution in [0.4, 0.5) is 0 Å². The molecule has 0 aliphatic carbocycles. The second-order valence-electron chi connectivity index (χ2n) is 3.87. The maximum atomic E-state index is 9.94. The summed E-state index contributed by atoms with van der Waals surface area (Å²) in [6.07, 6.45) is -0.422. The Labute approximate surface area is 105 Å². The molecule has 0 spiro atoms. The minimum Gasteiger partial charge on any atom is -0.388 e. The van der Waals surface area contributed by atoms with Gasteiger partial charge in [0.2, 0.25) is 0 Å². The molecule has 1 aromatic carbocycles. The Bertz CT molecular complexity index is 455. The molecule has 1 atom stereocenters. The molecule has 3 nitrogen and oxygen atoms in total. The summed E-state index contributed by atoms with van der Waals surface area (Å²) in [5, 5.41) is 13.8. The van der Waals surface area contributed by atoms with Crippen LogP contribution < -0.4 is 0 Å². The predicted octanol–water partition coefficient (Wildman–Crippen LogP) is 2.95. The summed E-state index contributed by atoms with van der Waals surface area (Å²) in [6.45, 7) is 1.87. The van der Waals surface area contributed by atoms with Crippen LogP contribution in [-0.2, 0) is 5.75 Å². The zero-order valence-corrected chi connectivity index (χ0v) is 10.5. The molecule has 17 heavy (non-hydrogen) atoms. The topological polar surface area (TPSA) is 46.3 Å². The normalized spacial score (nSPS) is 12.6. The second kappa shape index (κ2) is 5.89. The summed E-state index contributed by atoms with van der Waals surface area (Å²) in [5.74, 6) is 2.25. The molecular formula is C13H15NO2S. The van der Waals surface area contributed by atoms with Gasteiger partial charge in [0.05, 0.1) is 11.8 Å². The largest absolute Gasteiger partial charge is 0.388 e. The molecule has 2 aromatic rings. The van der Waals surface area contributed by atoms with Crippen molar-refractivity contribution >= 4 is 11.8 Å². The van der Waals surface area contributed by atoms with Gasteiger partial charge < -0.3 is 9.63 Å². The Hall–Kier alpha value is -1.26. The number of aryl methyl sites for hydroxylation is 1. The first-order chi connectivity index (χ1) is 8.25. The minimum atomic E-state index is -0.422. The van der Waals surface area contributed by atoms with E-state index in [0.717, 1.165) is 22.8 Å². The van der Waals surface area contributed by atoms with E-state index in [4.69, 9.17) is 4.52 Å². The van der Waals surface area contributed by atoms with Gasteiger partial charge in [0.1, 0.15) is 5.76 Å². The number of thioether (sulfide) groups is 1. The summed E-state index contributed by atoms with van der Waals surface area (Å²) < 4.78 is 4.98. The van der Waals surface area contributed by atoms with Crippen LogP contribution in [0.2, 0.25) is 0 Å². The molecule has 0 aliphatic heterocycles. The van der Waals surface area contributed by atoms with Crippen LogP contribution in [0.5, 0.6) is 0 Å². The van der Waals surface area contributed by atoms with Crippen molar-refractivity contribution in [2.45, 2.75) is 18.8 Å². The van der Waals surface area contributed by atoms with Gasteiger partial charge in [-0.25, -0.2) is 0 Å². The lowest BCUT2D eigenvalue weighted by atomic mass is 10.1. The molecule has 1 aromatic heterocycles. The number of benzene rings is 1. The molecule has 0 radical (unpaired) electrons. The minimum absolute atomic E-state index is 0.422. The zero-order chi connectivity index (χ0) is 12.1. The quantitative estimate of drug-likeness (QED) is 0.885. The number of hydrogen-bond acceptors (Lipinski definition) is 4. The van der Waals surface area contributed by atoms with Crippen molar-refractivity contribution in [1.82, 2.24) is 5.16 Å². The fourth-order valence-electron chi connectivity index (χ4n) is 1.53. The van der Waals surface area contributed by atoms with Gasteiger partial charge in [0.15, 0.2) is 0 Å². The standard InChI is InChI=1S/C13H15NO2S/c1-10-7-12(14-16-10)8-17-9-13(15)11-5-3-2-4-6-11/h2-7,13,15H,8-9H2,1H3. The van der Waals surface area contributed by atoms with E-state index in [2.05, 4.69) is 5.16 Å². The van der Waals surface area contributed by atoms with Crippen molar-refractivity contribution in [2.75, 3.05) is 5.75 Å². The third kappa shape index (κ3) is 3.61. The zero-order valence-electron chi connectivity index (χ0n) is 9.67.